The van der Waals surface area contributed by atoms with E-state index in [0.29, 0.717) is 6.42 Å². The van der Waals surface area contributed by atoms with Gasteiger partial charge >= 0.3 is 0 Å². The van der Waals surface area contributed by atoms with E-state index in [1.807, 2.05) is 24.3 Å². The number of unbranched alkanes of at least 4 members (excludes halogenated alkanes) is 1. The van der Waals surface area contributed by atoms with Crippen molar-refractivity contribution in [2.75, 3.05) is 13.2 Å². The van der Waals surface area contributed by atoms with E-state index in [1.54, 1.807) is 12.2 Å². The van der Waals surface area contributed by atoms with Crippen LogP contribution in [0.4, 0.5) is 0 Å². The molecular formula is C31H42O3Si. The molecule has 0 fully saturated rings. The molecule has 0 amide bonds. The van der Waals surface area contributed by atoms with Crippen LogP contribution in [0.25, 0.3) is 0 Å². The van der Waals surface area contributed by atoms with E-state index < -0.39 is 14.4 Å². The van der Waals surface area contributed by atoms with E-state index in [1.165, 1.54) is 10.4 Å². The first kappa shape index (κ1) is 28.7. The van der Waals surface area contributed by atoms with Gasteiger partial charge in [-0.25, -0.2) is 0 Å². The monoisotopic (exact) mass is 490 g/mol. The minimum atomic E-state index is -2.44. The van der Waals surface area contributed by atoms with Gasteiger partial charge in [0.05, 0.1) is 12.7 Å². The van der Waals surface area contributed by atoms with Crippen LogP contribution in [0.2, 0.25) is 5.04 Å². The molecule has 3 nitrogen and oxygen atoms in total. The van der Waals surface area contributed by atoms with Crippen molar-refractivity contribution in [3.05, 3.63) is 109 Å². The topological polar surface area (TPSA) is 49.7 Å². The summed E-state index contributed by atoms with van der Waals surface area (Å²) in [4.78, 5) is 0. The van der Waals surface area contributed by atoms with Crippen LogP contribution < -0.4 is 10.4 Å². The average molecular weight is 491 g/mol. The molecule has 35 heavy (non-hydrogen) atoms. The molecule has 2 aromatic rings. The Morgan fingerprint density at radius 1 is 0.800 bits per heavy atom. The Balaban J connectivity index is 1.89. The van der Waals surface area contributed by atoms with Gasteiger partial charge in [-0.15, -0.1) is 0 Å². The Labute approximate surface area is 213 Å². The van der Waals surface area contributed by atoms with E-state index in [9.17, 15) is 5.11 Å². The zero-order valence-electron chi connectivity index (χ0n) is 21.5. The first-order chi connectivity index (χ1) is 16.9. The molecule has 0 saturated carbocycles. The Bertz CT molecular complexity index is 901. The summed E-state index contributed by atoms with van der Waals surface area (Å²) in [5.74, 6) is 0. The molecule has 2 aromatic carbocycles. The predicted molar refractivity (Wildman–Crippen MR) is 152 cm³/mol. The first-order valence-corrected chi connectivity index (χ1v) is 14.5. The molecule has 0 bridgehead atoms. The van der Waals surface area contributed by atoms with Crippen molar-refractivity contribution >= 4 is 18.7 Å². The maximum absolute atomic E-state index is 9.68. The highest BCUT2D eigenvalue weighted by Crippen LogP contribution is 2.36. The third kappa shape index (κ3) is 9.23. The number of aliphatic hydroxyl groups excluding tert-OH is 2. The summed E-state index contributed by atoms with van der Waals surface area (Å²) in [6.07, 6.45) is 18.4. The fourth-order valence-corrected chi connectivity index (χ4v) is 8.85. The van der Waals surface area contributed by atoms with Crippen LogP contribution in [0.3, 0.4) is 0 Å². The lowest BCUT2D eigenvalue weighted by atomic mass is 10.2. The van der Waals surface area contributed by atoms with Gasteiger partial charge in [0.25, 0.3) is 8.32 Å². The number of hydrogen-bond acceptors (Lipinski definition) is 3. The van der Waals surface area contributed by atoms with Crippen LogP contribution in [0.15, 0.2) is 109 Å². The van der Waals surface area contributed by atoms with Crippen LogP contribution in [0, 0.1) is 0 Å². The molecule has 1 atom stereocenters. The van der Waals surface area contributed by atoms with Gasteiger partial charge in [0.1, 0.15) is 0 Å². The summed E-state index contributed by atoms with van der Waals surface area (Å²) in [7, 11) is -2.44. The van der Waals surface area contributed by atoms with Gasteiger partial charge in [0.2, 0.25) is 0 Å². The van der Waals surface area contributed by atoms with Gasteiger partial charge < -0.3 is 14.6 Å². The number of aliphatic hydroxyl groups is 2. The predicted octanol–water partition coefficient (Wildman–Crippen LogP) is 5.70. The maximum Gasteiger partial charge on any atom is 0.261 e. The minimum absolute atomic E-state index is 0.00574. The lowest BCUT2D eigenvalue weighted by Crippen LogP contribution is -2.66. The summed E-state index contributed by atoms with van der Waals surface area (Å²) >= 11 is 0. The van der Waals surface area contributed by atoms with Crippen molar-refractivity contribution in [2.45, 2.75) is 57.6 Å². The molecule has 0 radical (unpaired) electrons. The second-order valence-corrected chi connectivity index (χ2v) is 14.0. The molecule has 0 aliphatic carbocycles. The van der Waals surface area contributed by atoms with Gasteiger partial charge in [-0.2, -0.15) is 0 Å². The van der Waals surface area contributed by atoms with Crippen LogP contribution in [0.1, 0.15) is 46.5 Å². The minimum Gasteiger partial charge on any atom is -0.407 e. The Morgan fingerprint density at radius 3 is 1.86 bits per heavy atom. The number of rotatable bonds is 14. The van der Waals surface area contributed by atoms with Crippen LogP contribution >= 0.6 is 0 Å². The lowest BCUT2D eigenvalue weighted by Gasteiger charge is -2.43. The van der Waals surface area contributed by atoms with Crippen LogP contribution in [-0.2, 0) is 4.43 Å². The summed E-state index contributed by atoms with van der Waals surface area (Å²) in [5, 5.41) is 21.0. The maximum atomic E-state index is 9.68. The SMILES string of the molecule is CC(C)(C)[Si](OCCC/C=C/C=C/C=C/CCC(O)/C=C\CO)(c1ccccc1)c1ccccc1. The van der Waals surface area contributed by atoms with Gasteiger partial charge in [-0.1, -0.05) is 130 Å². The van der Waals surface area contributed by atoms with Gasteiger partial charge in [0, 0.05) is 6.61 Å². The third-order valence-corrected chi connectivity index (χ3v) is 11.0. The summed E-state index contributed by atoms with van der Waals surface area (Å²) in [5.41, 5.74) is 0. The van der Waals surface area contributed by atoms with Gasteiger partial charge in [-0.05, 0) is 41.1 Å². The second-order valence-electron chi connectivity index (χ2n) is 9.65. The van der Waals surface area contributed by atoms with Crippen molar-refractivity contribution in [3.8, 4) is 0 Å². The highest BCUT2D eigenvalue weighted by molar-refractivity contribution is 6.99. The molecule has 1 unspecified atom stereocenters. The highest BCUT2D eigenvalue weighted by Gasteiger charge is 2.49. The Hall–Kier alpha value is -2.50. The van der Waals surface area contributed by atoms with E-state index in [-0.39, 0.29) is 11.6 Å². The Kier molecular flexibility index (Phi) is 12.7. The second kappa shape index (κ2) is 15.5. The molecular weight excluding hydrogens is 448 g/mol. The van der Waals surface area contributed by atoms with Crippen molar-refractivity contribution in [1.29, 1.82) is 0 Å². The quantitative estimate of drug-likeness (QED) is 0.155. The summed E-state index contributed by atoms with van der Waals surface area (Å²) < 4.78 is 6.92. The van der Waals surface area contributed by atoms with E-state index >= 15 is 0 Å². The standard InChI is InChI=1S/C31H42O3Si/c1-31(2,3)35(29-22-14-11-15-23-29,30-24-16-12-17-25-30)34-27-18-10-8-6-4-5-7-9-13-20-28(33)21-19-26-32/h4-9,11-12,14-17,19,21-25,28,32-33H,10,13,18,20,26-27H2,1-3H3/b5-4+,8-6+,9-7+,21-19-. The van der Waals surface area contributed by atoms with E-state index in [2.05, 4.69) is 93.6 Å². The molecule has 188 valence electrons. The molecule has 0 spiro atoms. The van der Waals surface area contributed by atoms with Crippen molar-refractivity contribution < 1.29 is 14.6 Å². The molecule has 0 saturated heterocycles. The fraction of sp³-hybridized carbons (Fsp3) is 0.355. The van der Waals surface area contributed by atoms with E-state index in [4.69, 9.17) is 9.53 Å². The zero-order chi connectivity index (χ0) is 25.4. The molecule has 2 rings (SSSR count). The fourth-order valence-electron chi connectivity index (χ4n) is 4.25. The van der Waals surface area contributed by atoms with Gasteiger partial charge in [-0.3, -0.25) is 0 Å². The highest BCUT2D eigenvalue weighted by atomic mass is 28.4. The lowest BCUT2D eigenvalue weighted by molar-refractivity contribution is 0.212. The van der Waals surface area contributed by atoms with Gasteiger partial charge in [0.15, 0.2) is 0 Å². The van der Waals surface area contributed by atoms with Crippen molar-refractivity contribution in [1.82, 2.24) is 0 Å². The van der Waals surface area contributed by atoms with Crippen LogP contribution in [0.5, 0.6) is 0 Å². The molecule has 0 aliphatic heterocycles. The largest absolute Gasteiger partial charge is 0.407 e. The summed E-state index contributed by atoms with van der Waals surface area (Å²) in [6.45, 7) is 7.62. The summed E-state index contributed by atoms with van der Waals surface area (Å²) in [6, 6.07) is 21.6. The average Bonchev–Trinajstić information content (AvgIpc) is 2.86. The molecule has 0 aliphatic rings. The number of benzene rings is 2. The van der Waals surface area contributed by atoms with E-state index in [0.717, 1.165) is 25.9 Å². The first-order valence-electron chi connectivity index (χ1n) is 12.6. The molecule has 0 heterocycles. The zero-order valence-corrected chi connectivity index (χ0v) is 22.5. The smallest absolute Gasteiger partial charge is 0.261 e. The Morgan fingerprint density at radius 2 is 1.34 bits per heavy atom. The molecule has 0 aromatic heterocycles. The molecule has 2 N–H and O–H groups in total. The van der Waals surface area contributed by atoms with Crippen LogP contribution in [-0.4, -0.2) is 37.8 Å². The number of allylic oxidation sites excluding steroid dienone is 6. The van der Waals surface area contributed by atoms with Crippen molar-refractivity contribution in [3.63, 3.8) is 0 Å². The normalized spacial score (nSPS) is 14.1. The van der Waals surface area contributed by atoms with Crippen molar-refractivity contribution in [2.24, 2.45) is 0 Å². The number of hydrogen-bond donors (Lipinski definition) is 2. The molecule has 4 heteroatoms. The third-order valence-electron chi connectivity index (χ3n) is 5.95.